The zero-order valence-electron chi connectivity index (χ0n) is 10.2. The van der Waals surface area contributed by atoms with E-state index in [4.69, 9.17) is 17.3 Å². The van der Waals surface area contributed by atoms with Gasteiger partial charge in [0.25, 0.3) is 5.56 Å². The molecule has 1 aromatic carbocycles. The number of hydrogen-bond donors (Lipinski definition) is 1. The molecule has 96 valence electrons. The van der Waals surface area contributed by atoms with Crippen molar-refractivity contribution in [3.05, 3.63) is 44.1 Å². The Hall–Kier alpha value is -1.59. The molecule has 0 amide bonds. The van der Waals surface area contributed by atoms with Crippen molar-refractivity contribution in [1.29, 1.82) is 0 Å². The molecule has 0 bridgehead atoms. The number of nitrogens with two attached hydrogens (primary N) is 1. The summed E-state index contributed by atoms with van der Waals surface area (Å²) in [6.07, 6.45) is 0. The number of rotatable bonds is 2. The maximum Gasteiger partial charge on any atom is 0.331 e. The van der Waals surface area contributed by atoms with E-state index < -0.39 is 5.56 Å². The maximum absolute atomic E-state index is 12.3. The first-order chi connectivity index (χ1) is 8.43. The van der Waals surface area contributed by atoms with Crippen molar-refractivity contribution in [1.82, 2.24) is 9.13 Å². The highest BCUT2D eigenvalue weighted by molar-refractivity contribution is 6.35. The molecule has 0 spiro atoms. The molecule has 6 heteroatoms. The van der Waals surface area contributed by atoms with Gasteiger partial charge in [0, 0.05) is 19.6 Å². The first-order valence-electron chi connectivity index (χ1n) is 5.57. The normalized spacial score (nSPS) is 12.9. The maximum atomic E-state index is 12.3. The van der Waals surface area contributed by atoms with E-state index in [9.17, 15) is 9.59 Å². The van der Waals surface area contributed by atoms with Gasteiger partial charge in [-0.1, -0.05) is 17.7 Å². The van der Waals surface area contributed by atoms with Crippen molar-refractivity contribution >= 4 is 22.5 Å². The summed E-state index contributed by atoms with van der Waals surface area (Å²) in [6.45, 7) is 1.91. The van der Waals surface area contributed by atoms with E-state index in [1.54, 1.807) is 32.2 Å². The molecular weight excluding hydrogens is 254 g/mol. The average molecular weight is 268 g/mol. The number of fused-ring (bicyclic) bond motifs is 1. The summed E-state index contributed by atoms with van der Waals surface area (Å²) in [4.78, 5) is 24.3. The second-order valence-corrected chi connectivity index (χ2v) is 4.78. The number of nitrogens with zero attached hydrogens (tertiary/aromatic N) is 2. The molecule has 2 rings (SSSR count). The predicted molar refractivity (Wildman–Crippen MR) is 72.1 cm³/mol. The monoisotopic (exact) mass is 267 g/mol. The summed E-state index contributed by atoms with van der Waals surface area (Å²) in [5, 5.41) is 0.688. The number of hydrogen-bond acceptors (Lipinski definition) is 3. The van der Waals surface area contributed by atoms with Gasteiger partial charge in [0.05, 0.1) is 15.9 Å². The van der Waals surface area contributed by atoms with Gasteiger partial charge in [0.1, 0.15) is 0 Å². The van der Waals surface area contributed by atoms with Gasteiger partial charge in [0.2, 0.25) is 0 Å². The molecule has 18 heavy (non-hydrogen) atoms. The summed E-state index contributed by atoms with van der Waals surface area (Å²) in [7, 11) is 1.61. The molecule has 1 aromatic heterocycles. The van der Waals surface area contributed by atoms with Crippen LogP contribution in [0.5, 0.6) is 0 Å². The zero-order chi connectivity index (χ0) is 13.4. The molecule has 2 N–H and O–H groups in total. The van der Waals surface area contributed by atoms with Gasteiger partial charge < -0.3 is 5.73 Å². The topological polar surface area (TPSA) is 70.0 Å². The number of aromatic nitrogens is 2. The van der Waals surface area contributed by atoms with Gasteiger partial charge in [-0.2, -0.15) is 0 Å². The third-order valence-corrected chi connectivity index (χ3v) is 3.12. The molecule has 0 aliphatic rings. The van der Waals surface area contributed by atoms with Crippen LogP contribution in [0.25, 0.3) is 10.9 Å². The summed E-state index contributed by atoms with van der Waals surface area (Å²) in [5.74, 6) is 0. The molecule has 2 aromatic rings. The fourth-order valence-corrected chi connectivity index (χ4v) is 2.21. The van der Waals surface area contributed by atoms with Crippen molar-refractivity contribution in [2.24, 2.45) is 12.8 Å². The van der Waals surface area contributed by atoms with Crippen molar-refractivity contribution in [3.8, 4) is 0 Å². The SMILES string of the molecule is CC(N)Cn1c(=O)c2c(Cl)cccc2n(C)c1=O. The van der Waals surface area contributed by atoms with Crippen molar-refractivity contribution in [2.75, 3.05) is 0 Å². The van der Waals surface area contributed by atoms with Crippen LogP contribution >= 0.6 is 11.6 Å². The van der Waals surface area contributed by atoms with Gasteiger partial charge in [-0.15, -0.1) is 0 Å². The van der Waals surface area contributed by atoms with Crippen LogP contribution in [0.4, 0.5) is 0 Å². The van der Waals surface area contributed by atoms with E-state index in [0.29, 0.717) is 15.9 Å². The Morgan fingerprint density at radius 2 is 2.06 bits per heavy atom. The van der Waals surface area contributed by atoms with Crippen molar-refractivity contribution < 1.29 is 0 Å². The predicted octanol–water partition coefficient (Wildman–Crippen LogP) is 0.701. The minimum atomic E-state index is -0.393. The summed E-state index contributed by atoms with van der Waals surface area (Å²) in [5.41, 5.74) is 5.40. The minimum absolute atomic E-state index is 0.173. The van der Waals surface area contributed by atoms with E-state index in [0.717, 1.165) is 4.57 Å². The lowest BCUT2D eigenvalue weighted by Crippen LogP contribution is -2.42. The van der Waals surface area contributed by atoms with Crippen LogP contribution in [0.1, 0.15) is 6.92 Å². The Bertz CT molecular complexity index is 716. The van der Waals surface area contributed by atoms with Crippen LogP contribution < -0.4 is 17.0 Å². The van der Waals surface area contributed by atoms with E-state index in [1.807, 2.05) is 0 Å². The van der Waals surface area contributed by atoms with Gasteiger partial charge in [-0.3, -0.25) is 13.9 Å². The second-order valence-electron chi connectivity index (χ2n) is 4.37. The third-order valence-electron chi connectivity index (χ3n) is 2.80. The highest BCUT2D eigenvalue weighted by atomic mass is 35.5. The molecule has 5 nitrogen and oxygen atoms in total. The van der Waals surface area contributed by atoms with Crippen LogP contribution in [0.2, 0.25) is 5.02 Å². The lowest BCUT2D eigenvalue weighted by Gasteiger charge is -2.12. The zero-order valence-corrected chi connectivity index (χ0v) is 10.9. The number of benzene rings is 1. The molecule has 0 saturated carbocycles. The lowest BCUT2D eigenvalue weighted by atomic mass is 10.2. The quantitative estimate of drug-likeness (QED) is 0.871. The average Bonchev–Trinajstić information content (AvgIpc) is 2.31. The molecule has 0 aliphatic carbocycles. The van der Waals surface area contributed by atoms with Crippen LogP contribution in [0.15, 0.2) is 27.8 Å². The summed E-state index contributed by atoms with van der Waals surface area (Å²) >= 11 is 6.04. The highest BCUT2D eigenvalue weighted by Crippen LogP contribution is 2.18. The third kappa shape index (κ3) is 1.95. The van der Waals surface area contributed by atoms with Gasteiger partial charge in [0.15, 0.2) is 0 Å². The largest absolute Gasteiger partial charge is 0.331 e. The van der Waals surface area contributed by atoms with Crippen LogP contribution in [-0.4, -0.2) is 15.2 Å². The van der Waals surface area contributed by atoms with E-state index in [2.05, 4.69) is 0 Å². The smallest absolute Gasteiger partial charge is 0.326 e. The van der Waals surface area contributed by atoms with E-state index in [-0.39, 0.29) is 18.3 Å². The fraction of sp³-hybridized carbons (Fsp3) is 0.333. The molecule has 1 atom stereocenters. The Kier molecular flexibility index (Phi) is 3.28. The van der Waals surface area contributed by atoms with E-state index >= 15 is 0 Å². The Morgan fingerprint density at radius 3 is 2.67 bits per heavy atom. The first kappa shape index (κ1) is 12.9. The molecule has 1 unspecified atom stereocenters. The molecule has 0 radical (unpaired) electrons. The van der Waals surface area contributed by atoms with E-state index in [1.165, 1.54) is 4.57 Å². The van der Waals surface area contributed by atoms with Crippen LogP contribution in [0, 0.1) is 0 Å². The first-order valence-corrected chi connectivity index (χ1v) is 5.95. The van der Waals surface area contributed by atoms with Crippen molar-refractivity contribution in [3.63, 3.8) is 0 Å². The van der Waals surface area contributed by atoms with Gasteiger partial charge in [-0.25, -0.2) is 4.79 Å². The Morgan fingerprint density at radius 1 is 1.39 bits per heavy atom. The summed E-state index contributed by atoms with van der Waals surface area (Å²) < 4.78 is 2.53. The Balaban J connectivity index is 2.94. The molecular formula is C12H14ClN3O2. The van der Waals surface area contributed by atoms with Gasteiger partial charge >= 0.3 is 5.69 Å². The van der Waals surface area contributed by atoms with Gasteiger partial charge in [-0.05, 0) is 19.1 Å². The molecule has 0 saturated heterocycles. The summed E-state index contributed by atoms with van der Waals surface area (Å²) in [6, 6.07) is 4.75. The van der Waals surface area contributed by atoms with Crippen molar-refractivity contribution in [2.45, 2.75) is 19.5 Å². The molecule has 0 fully saturated rings. The standard InChI is InChI=1S/C12H14ClN3O2/c1-7(14)6-16-11(17)10-8(13)4-3-5-9(10)15(2)12(16)18/h3-5,7H,6,14H2,1-2H3. The number of halogens is 1. The molecule has 0 aliphatic heterocycles. The lowest BCUT2D eigenvalue weighted by molar-refractivity contribution is 0.538. The second kappa shape index (κ2) is 4.59. The minimum Gasteiger partial charge on any atom is -0.326 e. The Labute approximate surface area is 108 Å². The fourth-order valence-electron chi connectivity index (χ4n) is 1.96. The van der Waals surface area contributed by atoms with Crippen LogP contribution in [0.3, 0.4) is 0 Å². The molecule has 1 heterocycles. The number of aryl methyl sites for hydroxylation is 1. The van der Waals surface area contributed by atoms with Crippen LogP contribution in [-0.2, 0) is 13.6 Å². The highest BCUT2D eigenvalue weighted by Gasteiger charge is 2.13.